The number of allylic oxidation sites excluding steroid dienone is 1. The van der Waals surface area contributed by atoms with Gasteiger partial charge in [0.15, 0.2) is 0 Å². The third-order valence-corrected chi connectivity index (χ3v) is 1.28. The van der Waals surface area contributed by atoms with Gasteiger partial charge in [-0.25, -0.2) is 0 Å². The van der Waals surface area contributed by atoms with E-state index in [2.05, 4.69) is 4.74 Å². The maximum absolute atomic E-state index is 10.3. The van der Waals surface area contributed by atoms with Crippen LogP contribution in [0.25, 0.3) is 0 Å². The summed E-state index contributed by atoms with van der Waals surface area (Å²) in [7, 11) is 0. The second kappa shape index (κ2) is 1.62. The van der Waals surface area contributed by atoms with Gasteiger partial charge in [0, 0.05) is 0 Å². The molecule has 0 aromatic rings. The number of esters is 1. The Kier molecular flexibility index (Phi) is 1.08. The lowest BCUT2D eigenvalue weighted by Crippen LogP contribution is -2.29. The van der Waals surface area contributed by atoms with Gasteiger partial charge < -0.3 is 4.74 Å². The third-order valence-electron chi connectivity index (χ3n) is 1.28. The molecule has 0 N–H and O–H groups in total. The largest absolute Gasteiger partial charge is 0.430 e. The first-order valence-corrected chi connectivity index (χ1v) is 2.63. The van der Waals surface area contributed by atoms with Crippen LogP contribution in [0.15, 0.2) is 11.8 Å². The molecule has 1 rings (SSSR count). The highest BCUT2D eigenvalue weighted by atomic mass is 16.6. The monoisotopic (exact) mass is 112 g/mol. The van der Waals surface area contributed by atoms with Gasteiger partial charge in [0.05, 0.1) is 0 Å². The zero-order valence-corrected chi connectivity index (χ0v) is 4.97. The number of ether oxygens (including phenoxy) is 1. The molecule has 0 radical (unpaired) electrons. The minimum absolute atomic E-state index is 0.0139. The van der Waals surface area contributed by atoms with E-state index in [-0.39, 0.29) is 11.9 Å². The van der Waals surface area contributed by atoms with Crippen LogP contribution in [0.3, 0.4) is 0 Å². The van der Waals surface area contributed by atoms with Gasteiger partial charge >= 0.3 is 5.97 Å². The van der Waals surface area contributed by atoms with Crippen molar-refractivity contribution >= 4 is 5.97 Å². The predicted molar refractivity (Wildman–Crippen MR) is 29.0 cm³/mol. The van der Waals surface area contributed by atoms with Crippen LogP contribution in [0.2, 0.25) is 0 Å². The SMILES string of the molecule is C/C=C1\OC(=O)[C@H]1C. The molecule has 1 aliphatic rings. The normalized spacial score (nSPS) is 32.0. The van der Waals surface area contributed by atoms with Crippen LogP contribution in [-0.2, 0) is 9.53 Å². The summed E-state index contributed by atoms with van der Waals surface area (Å²) < 4.78 is 4.62. The topological polar surface area (TPSA) is 26.3 Å². The van der Waals surface area contributed by atoms with Crippen molar-refractivity contribution in [3.63, 3.8) is 0 Å². The Bertz CT molecular complexity index is 147. The van der Waals surface area contributed by atoms with E-state index >= 15 is 0 Å². The van der Waals surface area contributed by atoms with Gasteiger partial charge in [-0.15, -0.1) is 0 Å². The Balaban J connectivity index is 2.60. The highest BCUT2D eigenvalue weighted by molar-refractivity contribution is 5.82. The molecule has 1 fully saturated rings. The summed E-state index contributed by atoms with van der Waals surface area (Å²) in [5, 5.41) is 0. The van der Waals surface area contributed by atoms with Crippen LogP contribution in [0.1, 0.15) is 13.8 Å². The molecule has 1 aliphatic heterocycles. The van der Waals surface area contributed by atoms with Gasteiger partial charge in [0.2, 0.25) is 0 Å². The van der Waals surface area contributed by atoms with Crippen LogP contribution >= 0.6 is 0 Å². The van der Waals surface area contributed by atoms with Crippen molar-refractivity contribution in [1.82, 2.24) is 0 Å². The molecule has 0 amide bonds. The van der Waals surface area contributed by atoms with E-state index in [1.807, 2.05) is 19.9 Å². The summed E-state index contributed by atoms with van der Waals surface area (Å²) in [6.45, 7) is 3.69. The van der Waals surface area contributed by atoms with Crippen LogP contribution in [0.4, 0.5) is 0 Å². The molecule has 0 aromatic heterocycles. The average Bonchev–Trinajstić information content (AvgIpc) is 1.81. The molecule has 0 aromatic carbocycles. The average molecular weight is 112 g/mol. The Hall–Kier alpha value is -0.790. The van der Waals surface area contributed by atoms with Crippen LogP contribution in [-0.4, -0.2) is 5.97 Å². The fourth-order valence-corrected chi connectivity index (χ4v) is 0.660. The van der Waals surface area contributed by atoms with Crippen molar-refractivity contribution in [3.05, 3.63) is 11.8 Å². The van der Waals surface area contributed by atoms with Crippen LogP contribution in [0.5, 0.6) is 0 Å². The second-order valence-electron chi connectivity index (χ2n) is 1.83. The van der Waals surface area contributed by atoms with Crippen LogP contribution < -0.4 is 0 Å². The predicted octanol–water partition coefficient (Wildman–Crippen LogP) is 1.08. The number of carbonyl (C=O) groups is 1. The number of rotatable bonds is 0. The summed E-state index contributed by atoms with van der Waals surface area (Å²) in [4.78, 5) is 10.3. The van der Waals surface area contributed by atoms with Gasteiger partial charge in [-0.1, -0.05) is 0 Å². The molecular formula is C6H8O2. The molecule has 44 valence electrons. The molecule has 2 heteroatoms. The van der Waals surface area contributed by atoms with E-state index in [1.165, 1.54) is 0 Å². The van der Waals surface area contributed by atoms with Crippen LogP contribution in [0, 0.1) is 5.92 Å². The first kappa shape index (κ1) is 5.35. The highest BCUT2D eigenvalue weighted by Gasteiger charge is 2.31. The molecule has 0 unspecified atom stereocenters. The fourth-order valence-electron chi connectivity index (χ4n) is 0.660. The summed E-state index contributed by atoms with van der Waals surface area (Å²) >= 11 is 0. The molecule has 1 atom stereocenters. The first-order chi connectivity index (χ1) is 3.75. The van der Waals surface area contributed by atoms with E-state index in [9.17, 15) is 4.79 Å². The molecule has 1 heterocycles. The van der Waals surface area contributed by atoms with E-state index in [4.69, 9.17) is 0 Å². The zero-order valence-electron chi connectivity index (χ0n) is 4.97. The van der Waals surface area contributed by atoms with Crippen molar-refractivity contribution in [1.29, 1.82) is 0 Å². The van der Waals surface area contributed by atoms with E-state index < -0.39 is 0 Å². The van der Waals surface area contributed by atoms with Crippen molar-refractivity contribution in [3.8, 4) is 0 Å². The lowest BCUT2D eigenvalue weighted by Gasteiger charge is -2.23. The number of hydrogen-bond donors (Lipinski definition) is 0. The minimum atomic E-state index is -0.113. The molecular weight excluding hydrogens is 104 g/mol. The van der Waals surface area contributed by atoms with Gasteiger partial charge in [-0.05, 0) is 19.9 Å². The number of cyclic esters (lactones) is 1. The molecule has 2 nitrogen and oxygen atoms in total. The third kappa shape index (κ3) is 0.529. The maximum atomic E-state index is 10.3. The van der Waals surface area contributed by atoms with E-state index in [0.717, 1.165) is 5.76 Å². The highest BCUT2D eigenvalue weighted by Crippen LogP contribution is 2.24. The lowest BCUT2D eigenvalue weighted by molar-refractivity contribution is -0.155. The molecule has 0 saturated carbocycles. The van der Waals surface area contributed by atoms with E-state index in [1.54, 1.807) is 0 Å². The quantitative estimate of drug-likeness (QED) is 0.438. The van der Waals surface area contributed by atoms with Gasteiger partial charge in [0.1, 0.15) is 11.7 Å². The molecule has 0 bridgehead atoms. The lowest BCUT2D eigenvalue weighted by atomic mass is 10.1. The Morgan fingerprint density at radius 1 is 1.75 bits per heavy atom. The van der Waals surface area contributed by atoms with Crippen molar-refractivity contribution in [2.75, 3.05) is 0 Å². The summed E-state index contributed by atoms with van der Waals surface area (Å²) in [6, 6.07) is 0. The Morgan fingerprint density at radius 2 is 2.38 bits per heavy atom. The Morgan fingerprint density at radius 3 is 2.50 bits per heavy atom. The number of carbonyl (C=O) groups excluding carboxylic acids is 1. The summed E-state index contributed by atoms with van der Waals surface area (Å²) in [5.74, 6) is 0.702. The summed E-state index contributed by atoms with van der Waals surface area (Å²) in [6.07, 6.45) is 1.81. The van der Waals surface area contributed by atoms with Gasteiger partial charge in [-0.2, -0.15) is 0 Å². The Labute approximate surface area is 48.1 Å². The minimum Gasteiger partial charge on any atom is -0.430 e. The van der Waals surface area contributed by atoms with Gasteiger partial charge in [0.25, 0.3) is 0 Å². The van der Waals surface area contributed by atoms with E-state index in [0.29, 0.717) is 0 Å². The zero-order chi connectivity index (χ0) is 6.15. The standard InChI is InChI=1S/C6H8O2/c1-3-5-4(2)6(7)8-5/h3-4H,1-2H3/b5-3-/t4-/m0/s1. The maximum Gasteiger partial charge on any atom is 0.321 e. The van der Waals surface area contributed by atoms with Crippen molar-refractivity contribution in [2.45, 2.75) is 13.8 Å². The number of hydrogen-bond acceptors (Lipinski definition) is 2. The van der Waals surface area contributed by atoms with Crippen molar-refractivity contribution < 1.29 is 9.53 Å². The molecule has 0 spiro atoms. The summed E-state index contributed by atoms with van der Waals surface area (Å²) in [5.41, 5.74) is 0. The first-order valence-electron chi connectivity index (χ1n) is 2.63. The second-order valence-corrected chi connectivity index (χ2v) is 1.83. The molecule has 8 heavy (non-hydrogen) atoms. The van der Waals surface area contributed by atoms with Crippen molar-refractivity contribution in [2.24, 2.45) is 5.92 Å². The smallest absolute Gasteiger partial charge is 0.321 e. The molecule has 0 aliphatic carbocycles. The fraction of sp³-hybridized carbons (Fsp3) is 0.500. The molecule has 1 saturated heterocycles. The van der Waals surface area contributed by atoms with Gasteiger partial charge in [-0.3, -0.25) is 4.79 Å².